The molecule has 0 bridgehead atoms. The maximum atomic E-state index is 6.66. The predicted octanol–water partition coefficient (Wildman–Crippen LogP) is 6.27. The van der Waals surface area contributed by atoms with E-state index in [0.717, 1.165) is 52.3 Å². The van der Waals surface area contributed by atoms with Crippen molar-refractivity contribution in [3.8, 4) is 23.0 Å². The van der Waals surface area contributed by atoms with Gasteiger partial charge in [0.25, 0.3) is 8.32 Å². The smallest absolute Gasteiger partial charge is 0.250 e. The lowest BCUT2D eigenvalue weighted by Crippen LogP contribution is -2.39. The van der Waals surface area contributed by atoms with Crippen LogP contribution in [0.15, 0.2) is 36.4 Å². The molecule has 152 valence electrons. The summed E-state index contributed by atoms with van der Waals surface area (Å²) in [6, 6.07) is 15.1. The fourth-order valence-corrected chi connectivity index (χ4v) is 5.76. The van der Waals surface area contributed by atoms with Crippen LogP contribution in [0.1, 0.15) is 31.9 Å². The van der Waals surface area contributed by atoms with Gasteiger partial charge in [-0.15, -0.1) is 0 Å². The highest BCUT2D eigenvalue weighted by Gasteiger charge is 2.31. The SMILES string of the molecule is CC[Si](CC)(CC)Oc1cc(OC)ccc1/C=C/c1cc(OC)cc(OC)c1. The largest absolute Gasteiger partial charge is 0.543 e. The van der Waals surface area contributed by atoms with Gasteiger partial charge in [0.05, 0.1) is 21.3 Å². The fourth-order valence-electron chi connectivity index (χ4n) is 3.18. The number of hydrogen-bond donors (Lipinski definition) is 0. The van der Waals surface area contributed by atoms with E-state index >= 15 is 0 Å². The van der Waals surface area contributed by atoms with Gasteiger partial charge in [0.2, 0.25) is 0 Å². The van der Waals surface area contributed by atoms with Crippen molar-refractivity contribution >= 4 is 20.5 Å². The van der Waals surface area contributed by atoms with E-state index in [0.29, 0.717) is 0 Å². The molecular weight excluding hydrogens is 368 g/mol. The molecule has 0 aliphatic carbocycles. The first-order chi connectivity index (χ1) is 13.5. The Morgan fingerprint density at radius 2 is 1.29 bits per heavy atom. The molecule has 0 saturated heterocycles. The van der Waals surface area contributed by atoms with Crippen LogP contribution in [-0.4, -0.2) is 29.6 Å². The van der Waals surface area contributed by atoms with Gasteiger partial charge in [0.15, 0.2) is 0 Å². The summed E-state index contributed by atoms with van der Waals surface area (Å²) in [4.78, 5) is 0. The van der Waals surface area contributed by atoms with Crippen LogP contribution in [0.2, 0.25) is 18.1 Å². The molecule has 0 aromatic heterocycles. The monoisotopic (exact) mass is 400 g/mol. The summed E-state index contributed by atoms with van der Waals surface area (Å²) in [6.45, 7) is 6.70. The molecule has 5 heteroatoms. The van der Waals surface area contributed by atoms with E-state index < -0.39 is 8.32 Å². The molecule has 2 aromatic rings. The minimum Gasteiger partial charge on any atom is -0.543 e. The summed E-state index contributed by atoms with van der Waals surface area (Å²) in [5.41, 5.74) is 2.04. The molecule has 2 aromatic carbocycles. The van der Waals surface area contributed by atoms with Gasteiger partial charge >= 0.3 is 0 Å². The van der Waals surface area contributed by atoms with E-state index in [2.05, 4.69) is 26.8 Å². The van der Waals surface area contributed by atoms with Crippen molar-refractivity contribution in [1.29, 1.82) is 0 Å². The van der Waals surface area contributed by atoms with Crippen molar-refractivity contribution in [2.75, 3.05) is 21.3 Å². The van der Waals surface area contributed by atoms with Crippen LogP contribution < -0.4 is 18.6 Å². The van der Waals surface area contributed by atoms with Gasteiger partial charge in [0.1, 0.15) is 23.0 Å². The highest BCUT2D eigenvalue weighted by molar-refractivity contribution is 6.74. The van der Waals surface area contributed by atoms with Crippen LogP contribution in [0.3, 0.4) is 0 Å². The Bertz CT molecular complexity index is 767. The first kappa shape index (κ1) is 21.9. The van der Waals surface area contributed by atoms with Crippen LogP contribution in [0.4, 0.5) is 0 Å². The summed E-state index contributed by atoms with van der Waals surface area (Å²) < 4.78 is 22.8. The van der Waals surface area contributed by atoms with Crippen molar-refractivity contribution in [3.05, 3.63) is 47.5 Å². The first-order valence-corrected chi connectivity index (χ1v) is 12.3. The number of rotatable bonds is 10. The van der Waals surface area contributed by atoms with Gasteiger partial charge in [-0.2, -0.15) is 0 Å². The quantitative estimate of drug-likeness (QED) is 0.348. The average Bonchev–Trinajstić information content (AvgIpc) is 2.76. The minimum absolute atomic E-state index is 0.763. The molecule has 0 spiro atoms. The van der Waals surface area contributed by atoms with E-state index in [-0.39, 0.29) is 0 Å². The van der Waals surface area contributed by atoms with E-state index in [4.69, 9.17) is 18.6 Å². The average molecular weight is 401 g/mol. The van der Waals surface area contributed by atoms with Gasteiger partial charge in [0, 0.05) is 17.7 Å². The Hall–Kier alpha value is -2.40. The standard InChI is InChI=1S/C23H32O4Si/c1-7-28(8-2,9-3)27-23-17-20(24-4)13-12-19(23)11-10-18-14-21(25-5)16-22(15-18)26-6/h10-17H,7-9H2,1-6H3/b11-10+. The second-order valence-electron chi connectivity index (χ2n) is 6.73. The summed E-state index contributed by atoms with van der Waals surface area (Å²) in [5.74, 6) is 3.23. The van der Waals surface area contributed by atoms with Crippen molar-refractivity contribution in [2.45, 2.75) is 38.9 Å². The maximum absolute atomic E-state index is 6.66. The molecule has 0 saturated carbocycles. The maximum Gasteiger partial charge on any atom is 0.250 e. The molecule has 0 unspecified atom stereocenters. The second-order valence-corrected chi connectivity index (χ2v) is 11.4. The molecule has 0 aliphatic heterocycles. The zero-order valence-corrected chi connectivity index (χ0v) is 18.9. The fraction of sp³-hybridized carbons (Fsp3) is 0.391. The molecule has 0 radical (unpaired) electrons. The molecule has 0 aliphatic rings. The molecule has 0 N–H and O–H groups in total. The van der Waals surface area contributed by atoms with Crippen molar-refractivity contribution in [2.24, 2.45) is 0 Å². The lowest BCUT2D eigenvalue weighted by Gasteiger charge is -2.30. The van der Waals surface area contributed by atoms with Crippen molar-refractivity contribution in [1.82, 2.24) is 0 Å². The lowest BCUT2D eigenvalue weighted by molar-refractivity contribution is 0.394. The predicted molar refractivity (Wildman–Crippen MR) is 119 cm³/mol. The summed E-state index contributed by atoms with van der Waals surface area (Å²) in [7, 11) is 3.20. The minimum atomic E-state index is -1.79. The molecule has 0 heterocycles. The van der Waals surface area contributed by atoms with Crippen LogP contribution in [0.5, 0.6) is 23.0 Å². The first-order valence-electron chi connectivity index (χ1n) is 9.81. The topological polar surface area (TPSA) is 36.9 Å². The van der Waals surface area contributed by atoms with Gasteiger partial charge in [-0.25, -0.2) is 0 Å². The second kappa shape index (κ2) is 10.2. The molecule has 0 fully saturated rings. The van der Waals surface area contributed by atoms with E-state index in [9.17, 15) is 0 Å². The number of benzene rings is 2. The Balaban J connectivity index is 2.41. The third-order valence-electron chi connectivity index (χ3n) is 5.31. The van der Waals surface area contributed by atoms with E-state index in [1.807, 2.05) is 42.5 Å². The molecule has 0 amide bonds. The molecule has 0 atom stereocenters. The third kappa shape index (κ3) is 5.32. The van der Waals surface area contributed by atoms with Crippen LogP contribution in [0, 0.1) is 0 Å². The van der Waals surface area contributed by atoms with E-state index in [1.54, 1.807) is 21.3 Å². The third-order valence-corrected chi connectivity index (χ3v) is 9.83. The zero-order chi connectivity index (χ0) is 20.6. The molecular formula is C23H32O4Si. The van der Waals surface area contributed by atoms with Gasteiger partial charge in [-0.1, -0.05) is 32.9 Å². The Labute approximate surface area is 170 Å². The summed E-state index contributed by atoms with van der Waals surface area (Å²) in [5, 5.41) is 0. The summed E-state index contributed by atoms with van der Waals surface area (Å²) >= 11 is 0. The molecule has 28 heavy (non-hydrogen) atoms. The lowest BCUT2D eigenvalue weighted by atomic mass is 10.1. The number of hydrogen-bond acceptors (Lipinski definition) is 4. The van der Waals surface area contributed by atoms with Gasteiger partial charge in [-0.05, 0) is 48.0 Å². The summed E-state index contributed by atoms with van der Waals surface area (Å²) in [6.07, 6.45) is 4.12. The zero-order valence-electron chi connectivity index (χ0n) is 17.9. The number of methoxy groups -OCH3 is 3. The van der Waals surface area contributed by atoms with Crippen LogP contribution in [-0.2, 0) is 0 Å². The molecule has 4 nitrogen and oxygen atoms in total. The van der Waals surface area contributed by atoms with Gasteiger partial charge < -0.3 is 18.6 Å². The van der Waals surface area contributed by atoms with Crippen molar-refractivity contribution in [3.63, 3.8) is 0 Å². The van der Waals surface area contributed by atoms with Gasteiger partial charge in [-0.3, -0.25) is 0 Å². The highest BCUT2D eigenvalue weighted by atomic mass is 28.4. The Kier molecular flexibility index (Phi) is 8.00. The Morgan fingerprint density at radius 3 is 1.79 bits per heavy atom. The van der Waals surface area contributed by atoms with E-state index in [1.165, 1.54) is 0 Å². The highest BCUT2D eigenvalue weighted by Crippen LogP contribution is 2.33. The normalized spacial score (nSPS) is 11.5. The Morgan fingerprint density at radius 1 is 0.714 bits per heavy atom. The molecule has 2 rings (SSSR count). The number of ether oxygens (including phenoxy) is 3. The van der Waals surface area contributed by atoms with Crippen LogP contribution in [0.25, 0.3) is 12.2 Å². The van der Waals surface area contributed by atoms with Crippen LogP contribution >= 0.6 is 0 Å². The van der Waals surface area contributed by atoms with Crippen molar-refractivity contribution < 1.29 is 18.6 Å².